The van der Waals surface area contributed by atoms with Gasteiger partial charge in [0.05, 0.1) is 12.2 Å². The minimum atomic E-state index is -0.264. The summed E-state index contributed by atoms with van der Waals surface area (Å²) in [4.78, 5) is 0. The molecule has 0 aliphatic carbocycles. The summed E-state index contributed by atoms with van der Waals surface area (Å²) < 4.78 is 12.2. The summed E-state index contributed by atoms with van der Waals surface area (Å²) in [6.07, 6.45) is 5.16. The predicted molar refractivity (Wildman–Crippen MR) is 77.8 cm³/mol. The monoisotopic (exact) mass is 260 g/mol. The number of allylic oxidation sites excluding steroid dienone is 1. The topological polar surface area (TPSA) is 18.5 Å². The van der Waals surface area contributed by atoms with Crippen molar-refractivity contribution in [3.05, 3.63) is 48.0 Å². The lowest BCUT2D eigenvalue weighted by Gasteiger charge is -2.41. The Morgan fingerprint density at radius 2 is 1.79 bits per heavy atom. The molecule has 0 N–H and O–H groups in total. The van der Waals surface area contributed by atoms with E-state index in [-0.39, 0.29) is 23.9 Å². The second kappa shape index (κ2) is 5.89. The van der Waals surface area contributed by atoms with Crippen LogP contribution in [0.2, 0.25) is 0 Å². The van der Waals surface area contributed by atoms with Crippen molar-refractivity contribution in [3.63, 3.8) is 0 Å². The first kappa shape index (κ1) is 14.3. The molecule has 1 aliphatic rings. The van der Waals surface area contributed by atoms with Crippen LogP contribution in [0.15, 0.2) is 42.5 Å². The highest BCUT2D eigenvalue weighted by molar-refractivity contribution is 5.16. The van der Waals surface area contributed by atoms with Gasteiger partial charge in [-0.1, -0.05) is 63.3 Å². The molecule has 3 atom stereocenters. The molecule has 1 fully saturated rings. The summed E-state index contributed by atoms with van der Waals surface area (Å²) in [5.41, 5.74) is 1.21. The molecule has 2 rings (SSSR count). The van der Waals surface area contributed by atoms with Gasteiger partial charge in [-0.25, -0.2) is 0 Å². The molecule has 1 aromatic rings. The Morgan fingerprint density at radius 1 is 1.11 bits per heavy atom. The number of benzene rings is 1. The molecule has 0 aromatic heterocycles. The molecule has 3 unspecified atom stereocenters. The summed E-state index contributed by atoms with van der Waals surface area (Å²) in [5.74, 6) is 0. The zero-order chi connectivity index (χ0) is 13.9. The maximum Gasteiger partial charge on any atom is 0.184 e. The fourth-order valence-corrected chi connectivity index (χ4v) is 2.33. The van der Waals surface area contributed by atoms with Crippen molar-refractivity contribution >= 4 is 0 Å². The molecule has 1 heterocycles. The van der Waals surface area contributed by atoms with Crippen LogP contribution in [0, 0.1) is 5.41 Å². The van der Waals surface area contributed by atoms with Gasteiger partial charge in [-0.3, -0.25) is 0 Å². The van der Waals surface area contributed by atoms with Gasteiger partial charge in [0.15, 0.2) is 6.29 Å². The summed E-state index contributed by atoms with van der Waals surface area (Å²) >= 11 is 0. The van der Waals surface area contributed by atoms with Crippen molar-refractivity contribution in [1.29, 1.82) is 0 Å². The van der Waals surface area contributed by atoms with Gasteiger partial charge in [0.2, 0.25) is 0 Å². The van der Waals surface area contributed by atoms with E-state index in [0.29, 0.717) is 0 Å². The molecule has 2 nitrogen and oxygen atoms in total. The first-order chi connectivity index (χ1) is 9.00. The lowest BCUT2D eigenvalue weighted by molar-refractivity contribution is -0.256. The highest BCUT2D eigenvalue weighted by Crippen LogP contribution is 2.37. The van der Waals surface area contributed by atoms with Gasteiger partial charge in [0.1, 0.15) is 0 Å². The number of ether oxygens (including phenoxy) is 2. The fourth-order valence-electron chi connectivity index (χ4n) is 2.33. The lowest BCUT2D eigenvalue weighted by Crippen LogP contribution is -2.40. The Kier molecular flexibility index (Phi) is 4.43. The average Bonchev–Trinajstić information content (AvgIpc) is 2.39. The zero-order valence-corrected chi connectivity index (χ0v) is 12.3. The molecular weight excluding hydrogens is 236 g/mol. The van der Waals surface area contributed by atoms with Gasteiger partial charge in [-0.15, -0.1) is 0 Å². The van der Waals surface area contributed by atoms with Crippen molar-refractivity contribution in [2.45, 2.75) is 52.6 Å². The lowest BCUT2D eigenvalue weighted by atomic mass is 9.85. The predicted octanol–water partition coefficient (Wildman–Crippen LogP) is 4.48. The SMILES string of the molecule is CC=CC1CC(C(C)(C)C)OC(c2ccccc2)O1. The minimum Gasteiger partial charge on any atom is -0.344 e. The summed E-state index contributed by atoms with van der Waals surface area (Å²) in [5, 5.41) is 0. The first-order valence-electron chi connectivity index (χ1n) is 6.99. The van der Waals surface area contributed by atoms with Crippen molar-refractivity contribution in [2.75, 3.05) is 0 Å². The average molecular weight is 260 g/mol. The smallest absolute Gasteiger partial charge is 0.184 e. The Morgan fingerprint density at radius 3 is 2.37 bits per heavy atom. The number of hydrogen-bond acceptors (Lipinski definition) is 2. The Labute approximate surface area is 116 Å². The van der Waals surface area contributed by atoms with Crippen LogP contribution in [0.5, 0.6) is 0 Å². The van der Waals surface area contributed by atoms with Gasteiger partial charge in [0, 0.05) is 12.0 Å². The third-order valence-electron chi connectivity index (χ3n) is 3.48. The minimum absolute atomic E-state index is 0.122. The van der Waals surface area contributed by atoms with E-state index in [9.17, 15) is 0 Å². The van der Waals surface area contributed by atoms with E-state index in [4.69, 9.17) is 9.47 Å². The van der Waals surface area contributed by atoms with Crippen LogP contribution in [0.3, 0.4) is 0 Å². The van der Waals surface area contributed by atoms with Crippen LogP contribution in [-0.4, -0.2) is 12.2 Å². The van der Waals surface area contributed by atoms with Crippen LogP contribution in [0.25, 0.3) is 0 Å². The normalized spacial score (nSPS) is 28.7. The van der Waals surface area contributed by atoms with Gasteiger partial charge in [-0.2, -0.15) is 0 Å². The maximum absolute atomic E-state index is 6.16. The number of rotatable bonds is 2. The fraction of sp³-hybridized carbons (Fsp3) is 0.529. The van der Waals surface area contributed by atoms with Gasteiger partial charge >= 0.3 is 0 Å². The van der Waals surface area contributed by atoms with Crippen LogP contribution in [0.4, 0.5) is 0 Å². The van der Waals surface area contributed by atoms with E-state index in [1.165, 1.54) is 0 Å². The first-order valence-corrected chi connectivity index (χ1v) is 6.99. The van der Waals surface area contributed by atoms with Crippen LogP contribution >= 0.6 is 0 Å². The van der Waals surface area contributed by atoms with E-state index in [0.717, 1.165) is 12.0 Å². The van der Waals surface area contributed by atoms with Gasteiger partial charge < -0.3 is 9.47 Å². The van der Waals surface area contributed by atoms with Crippen LogP contribution < -0.4 is 0 Å². The molecule has 1 aliphatic heterocycles. The third-order valence-corrected chi connectivity index (χ3v) is 3.48. The third kappa shape index (κ3) is 3.68. The molecule has 2 heteroatoms. The van der Waals surface area contributed by atoms with Crippen molar-refractivity contribution < 1.29 is 9.47 Å². The second-order valence-electron chi connectivity index (χ2n) is 6.17. The van der Waals surface area contributed by atoms with E-state index in [2.05, 4.69) is 45.1 Å². The molecule has 104 valence electrons. The standard InChI is InChI=1S/C17H24O2/c1-5-9-14-12-15(17(2,3)4)19-16(18-14)13-10-7-6-8-11-13/h5-11,14-16H,12H2,1-4H3. The molecule has 0 radical (unpaired) electrons. The van der Waals surface area contributed by atoms with E-state index >= 15 is 0 Å². The molecule has 0 bridgehead atoms. The molecule has 0 saturated carbocycles. The highest BCUT2D eigenvalue weighted by atomic mass is 16.7. The largest absolute Gasteiger partial charge is 0.344 e. The van der Waals surface area contributed by atoms with Crippen LogP contribution in [-0.2, 0) is 9.47 Å². The van der Waals surface area contributed by atoms with Crippen molar-refractivity contribution in [1.82, 2.24) is 0 Å². The number of hydrogen-bond donors (Lipinski definition) is 0. The molecule has 0 amide bonds. The van der Waals surface area contributed by atoms with Crippen LogP contribution in [0.1, 0.15) is 46.0 Å². The van der Waals surface area contributed by atoms with E-state index < -0.39 is 0 Å². The molecule has 1 saturated heterocycles. The Bertz CT molecular complexity index is 417. The molecule has 19 heavy (non-hydrogen) atoms. The second-order valence-corrected chi connectivity index (χ2v) is 6.17. The molecular formula is C17H24O2. The Balaban J connectivity index is 2.20. The zero-order valence-electron chi connectivity index (χ0n) is 12.3. The van der Waals surface area contributed by atoms with Crippen molar-refractivity contribution in [3.8, 4) is 0 Å². The van der Waals surface area contributed by atoms with E-state index in [1.807, 2.05) is 25.1 Å². The highest BCUT2D eigenvalue weighted by Gasteiger charge is 2.36. The summed E-state index contributed by atoms with van der Waals surface area (Å²) in [6, 6.07) is 10.2. The Hall–Kier alpha value is -1.12. The molecule has 1 aromatic carbocycles. The maximum atomic E-state index is 6.16. The molecule has 0 spiro atoms. The van der Waals surface area contributed by atoms with Crippen molar-refractivity contribution in [2.24, 2.45) is 5.41 Å². The van der Waals surface area contributed by atoms with Gasteiger partial charge in [-0.05, 0) is 12.3 Å². The van der Waals surface area contributed by atoms with Gasteiger partial charge in [0.25, 0.3) is 0 Å². The summed E-state index contributed by atoms with van der Waals surface area (Å²) in [6.45, 7) is 8.69. The summed E-state index contributed by atoms with van der Waals surface area (Å²) in [7, 11) is 0. The quantitative estimate of drug-likeness (QED) is 0.730. The van der Waals surface area contributed by atoms with E-state index in [1.54, 1.807) is 0 Å².